The van der Waals surface area contributed by atoms with Crippen LogP contribution in [0.3, 0.4) is 0 Å². The number of alkyl halides is 6. The second kappa shape index (κ2) is 6.08. The van der Waals surface area contributed by atoms with Gasteiger partial charge in [-0.3, -0.25) is 9.00 Å². The van der Waals surface area contributed by atoms with Crippen molar-refractivity contribution in [3.05, 3.63) is 12.2 Å². The van der Waals surface area contributed by atoms with Crippen molar-refractivity contribution < 1.29 is 44.9 Å². The molecule has 12 heteroatoms. The molecule has 1 saturated heterocycles. The van der Waals surface area contributed by atoms with Gasteiger partial charge < -0.3 is 4.74 Å². The number of hydrogen-bond donors (Lipinski definition) is 1. The van der Waals surface area contributed by atoms with Crippen LogP contribution < -0.4 is 4.72 Å². The van der Waals surface area contributed by atoms with Crippen molar-refractivity contribution in [2.45, 2.75) is 43.9 Å². The number of ether oxygens (including phenoxy) is 1. The minimum Gasteiger partial charge on any atom is -0.462 e. The van der Waals surface area contributed by atoms with Crippen LogP contribution in [0.5, 0.6) is 0 Å². The second-order valence-corrected chi connectivity index (χ2v) is 9.57. The van der Waals surface area contributed by atoms with Crippen LogP contribution in [0.25, 0.3) is 0 Å². The Hall–Kier alpha value is -1.43. The molecule has 0 aromatic heterocycles. The Labute approximate surface area is 139 Å². The minimum absolute atomic E-state index is 0.0529. The molecule has 0 aliphatic carbocycles. The molecular formula is C13H17F6NO4S. The Balaban J connectivity index is 2.80. The summed E-state index contributed by atoms with van der Waals surface area (Å²) in [6.07, 6.45) is -5.43. The van der Waals surface area contributed by atoms with Crippen LogP contribution in [0.4, 0.5) is 26.3 Å². The van der Waals surface area contributed by atoms with Crippen molar-refractivity contribution in [1.82, 2.24) is 4.72 Å². The number of nitrogens with one attached hydrogen (secondary N) is 1. The molecule has 0 aromatic rings. The maximum Gasteiger partial charge on any atom is 0.469 e. The molecule has 1 atom stereocenters. The molecule has 1 aliphatic heterocycles. The Morgan fingerprint density at radius 3 is 2.08 bits per heavy atom. The van der Waals surface area contributed by atoms with Crippen LogP contribution in [0, 0.1) is 0 Å². The SMILES string of the molecule is C=C(C(=O)OCCC(C)(CC)NS1(=O)(C(F)(F)F)CC1=O)C(F)(F)F. The maximum atomic E-state index is 13.1. The molecule has 5 nitrogen and oxygen atoms in total. The van der Waals surface area contributed by atoms with E-state index < -0.39 is 61.9 Å². The Kier molecular flexibility index (Phi) is 5.25. The Bertz CT molecular complexity index is 670. The van der Waals surface area contributed by atoms with E-state index in [9.17, 15) is 40.1 Å². The molecule has 0 radical (unpaired) electrons. The topological polar surface area (TPSA) is 72.5 Å². The number of carbonyl (C=O) groups is 2. The smallest absolute Gasteiger partial charge is 0.462 e. The number of esters is 1. The van der Waals surface area contributed by atoms with Crippen LogP contribution >= 0.6 is 0 Å². The number of halogens is 6. The largest absolute Gasteiger partial charge is 0.469 e. The van der Waals surface area contributed by atoms with Gasteiger partial charge in [0.15, 0.2) is 0 Å². The van der Waals surface area contributed by atoms with Gasteiger partial charge in [-0.2, -0.15) is 26.3 Å². The lowest BCUT2D eigenvalue weighted by Gasteiger charge is -2.37. The summed E-state index contributed by atoms with van der Waals surface area (Å²) in [5, 5.41) is -1.47. The summed E-state index contributed by atoms with van der Waals surface area (Å²) in [4.78, 5) is 22.5. The summed E-state index contributed by atoms with van der Waals surface area (Å²) < 4.78 is 94.7. The van der Waals surface area contributed by atoms with Gasteiger partial charge in [0.25, 0.3) is 0 Å². The van der Waals surface area contributed by atoms with E-state index in [-0.39, 0.29) is 6.42 Å². The lowest BCUT2D eigenvalue weighted by Crippen LogP contribution is -2.58. The summed E-state index contributed by atoms with van der Waals surface area (Å²) in [6.45, 7) is 4.48. The molecule has 1 aliphatic rings. The summed E-state index contributed by atoms with van der Waals surface area (Å²) in [5.74, 6) is -2.94. The summed E-state index contributed by atoms with van der Waals surface area (Å²) in [6, 6.07) is 0. The van der Waals surface area contributed by atoms with Gasteiger partial charge in [-0.05, 0) is 13.3 Å². The third kappa shape index (κ3) is 3.89. The molecule has 0 spiro atoms. The predicted octanol–water partition coefficient (Wildman–Crippen LogP) is 2.59. The molecule has 1 N–H and O–H groups in total. The van der Waals surface area contributed by atoms with E-state index in [1.165, 1.54) is 13.8 Å². The van der Waals surface area contributed by atoms with Crippen molar-refractivity contribution >= 4 is 20.3 Å². The molecule has 0 bridgehead atoms. The Morgan fingerprint density at radius 2 is 1.76 bits per heavy atom. The Morgan fingerprint density at radius 1 is 1.28 bits per heavy atom. The van der Waals surface area contributed by atoms with E-state index >= 15 is 0 Å². The fourth-order valence-corrected chi connectivity index (χ4v) is 4.85. The first kappa shape index (κ1) is 21.6. The number of carbonyl (C=O) groups excluding carboxylic acids is 2. The standard InChI is InChI=1S/C13H17F6NO4S/c1-4-11(3,5-6-24-10(22)8(2)12(14,15)16)20-25(23,7-9(25)21)13(17,18)19/h2,4-7H2,1,3H3,(H,20,23). The van der Waals surface area contributed by atoms with Crippen LogP contribution in [0.2, 0.25) is 0 Å². The van der Waals surface area contributed by atoms with Gasteiger partial charge in [-0.25, -0.2) is 9.52 Å². The lowest BCUT2D eigenvalue weighted by atomic mass is 9.97. The number of hydrogen-bond acceptors (Lipinski definition) is 4. The van der Waals surface area contributed by atoms with Crippen LogP contribution in [-0.4, -0.2) is 44.9 Å². The second-order valence-electron chi connectivity index (χ2n) is 5.95. The first-order valence-electron chi connectivity index (χ1n) is 6.97. The zero-order chi connectivity index (χ0) is 19.9. The van der Waals surface area contributed by atoms with Crippen molar-refractivity contribution in [2.24, 2.45) is 0 Å². The quantitative estimate of drug-likeness (QED) is 0.310. The molecule has 0 amide bonds. The fraction of sp³-hybridized carbons (Fsp3) is 0.692. The summed E-state index contributed by atoms with van der Waals surface area (Å²) in [7, 11) is -5.72. The monoisotopic (exact) mass is 397 g/mol. The molecular weight excluding hydrogens is 380 g/mol. The van der Waals surface area contributed by atoms with Gasteiger partial charge in [0, 0.05) is 12.0 Å². The molecule has 0 aromatic carbocycles. The molecule has 146 valence electrons. The molecule has 1 fully saturated rings. The average molecular weight is 397 g/mol. The fourth-order valence-electron chi connectivity index (χ4n) is 1.95. The van der Waals surface area contributed by atoms with E-state index in [1.54, 1.807) is 0 Å². The van der Waals surface area contributed by atoms with Crippen molar-refractivity contribution in [3.8, 4) is 0 Å². The highest BCUT2D eigenvalue weighted by Gasteiger charge is 2.78. The third-order valence-corrected chi connectivity index (χ3v) is 7.47. The van der Waals surface area contributed by atoms with E-state index in [0.29, 0.717) is 0 Å². The highest BCUT2D eigenvalue weighted by Crippen LogP contribution is 2.54. The van der Waals surface area contributed by atoms with Gasteiger partial charge >= 0.3 is 17.7 Å². The van der Waals surface area contributed by atoms with Crippen molar-refractivity contribution in [3.63, 3.8) is 0 Å². The van der Waals surface area contributed by atoms with Crippen LogP contribution in [-0.2, 0) is 23.6 Å². The minimum atomic E-state index is -5.72. The summed E-state index contributed by atoms with van der Waals surface area (Å²) >= 11 is 0. The zero-order valence-corrected chi connectivity index (χ0v) is 14.2. The van der Waals surface area contributed by atoms with Gasteiger partial charge in [0.05, 0.1) is 6.61 Å². The molecule has 25 heavy (non-hydrogen) atoms. The average Bonchev–Trinajstić information content (AvgIpc) is 2.99. The molecule has 1 heterocycles. The van der Waals surface area contributed by atoms with Gasteiger partial charge in [-0.15, -0.1) is 0 Å². The highest BCUT2D eigenvalue weighted by atomic mass is 32.3. The van der Waals surface area contributed by atoms with E-state index in [1.807, 2.05) is 4.72 Å². The van der Waals surface area contributed by atoms with E-state index in [4.69, 9.17) is 0 Å². The van der Waals surface area contributed by atoms with Crippen molar-refractivity contribution in [1.29, 1.82) is 0 Å². The highest BCUT2D eigenvalue weighted by molar-refractivity contribution is 8.40. The van der Waals surface area contributed by atoms with Gasteiger partial charge in [0.2, 0.25) is 5.12 Å². The van der Waals surface area contributed by atoms with E-state index in [0.717, 1.165) is 0 Å². The molecule has 1 rings (SSSR count). The lowest BCUT2D eigenvalue weighted by molar-refractivity contribution is -0.151. The first-order chi connectivity index (χ1) is 11.0. The normalized spacial score (nSPS) is 23.0. The predicted molar refractivity (Wildman–Crippen MR) is 76.7 cm³/mol. The third-order valence-electron chi connectivity index (χ3n) is 3.99. The zero-order valence-electron chi connectivity index (χ0n) is 13.3. The number of rotatable bonds is 7. The van der Waals surface area contributed by atoms with Gasteiger partial charge in [0.1, 0.15) is 20.6 Å². The van der Waals surface area contributed by atoms with E-state index in [2.05, 4.69) is 11.3 Å². The molecule has 0 saturated carbocycles. The van der Waals surface area contributed by atoms with Crippen molar-refractivity contribution in [2.75, 3.05) is 12.4 Å². The van der Waals surface area contributed by atoms with Crippen LogP contribution in [0.1, 0.15) is 26.7 Å². The first-order valence-corrected chi connectivity index (χ1v) is 9.11. The van der Waals surface area contributed by atoms with Crippen LogP contribution in [0.15, 0.2) is 12.2 Å². The maximum absolute atomic E-state index is 13.1. The van der Waals surface area contributed by atoms with Gasteiger partial charge in [-0.1, -0.05) is 13.5 Å². The summed E-state index contributed by atoms with van der Waals surface area (Å²) in [5.41, 5.74) is -8.59. The molecule has 1 unspecified atom stereocenters.